The van der Waals surface area contributed by atoms with Crippen LogP contribution in [0.4, 0.5) is 0 Å². The SMILES string of the molecule is CC#CC(O)C(C)=O. The lowest BCUT2D eigenvalue weighted by molar-refractivity contribution is -0.122. The van der Waals surface area contributed by atoms with Gasteiger partial charge in [0.05, 0.1) is 0 Å². The number of ketones is 1. The molecule has 1 atom stereocenters. The molecule has 0 saturated carbocycles. The Balaban J connectivity index is 3.77. The molecule has 0 aliphatic rings. The Labute approximate surface area is 48.5 Å². The van der Waals surface area contributed by atoms with Crippen LogP contribution >= 0.6 is 0 Å². The largest absolute Gasteiger partial charge is 0.373 e. The number of aliphatic hydroxyl groups excluding tert-OH is 1. The minimum absolute atomic E-state index is 0.306. The van der Waals surface area contributed by atoms with Crippen LogP contribution in [-0.2, 0) is 4.79 Å². The van der Waals surface area contributed by atoms with Gasteiger partial charge < -0.3 is 5.11 Å². The van der Waals surface area contributed by atoms with Gasteiger partial charge in [-0.1, -0.05) is 5.92 Å². The predicted octanol–water partition coefficient (Wildman–Crippen LogP) is -0.0404. The Bertz CT molecular complexity index is 138. The first-order valence-electron chi connectivity index (χ1n) is 2.29. The monoisotopic (exact) mass is 112 g/mol. The summed E-state index contributed by atoms with van der Waals surface area (Å²) >= 11 is 0. The maximum absolute atomic E-state index is 10.2. The van der Waals surface area contributed by atoms with E-state index in [2.05, 4.69) is 11.8 Å². The van der Waals surface area contributed by atoms with E-state index >= 15 is 0 Å². The Morgan fingerprint density at radius 1 is 1.75 bits per heavy atom. The van der Waals surface area contributed by atoms with Crippen molar-refractivity contribution in [2.45, 2.75) is 20.0 Å². The topological polar surface area (TPSA) is 37.3 Å². The predicted molar refractivity (Wildman–Crippen MR) is 30.1 cm³/mol. The number of rotatable bonds is 1. The molecule has 8 heavy (non-hydrogen) atoms. The Hall–Kier alpha value is -0.810. The van der Waals surface area contributed by atoms with Crippen molar-refractivity contribution in [2.24, 2.45) is 0 Å². The average molecular weight is 112 g/mol. The molecule has 0 aromatic rings. The summed E-state index contributed by atoms with van der Waals surface area (Å²) in [7, 11) is 0. The molecule has 0 aliphatic carbocycles. The molecule has 0 aromatic heterocycles. The molecule has 1 unspecified atom stereocenters. The Kier molecular flexibility index (Phi) is 2.90. The molecular formula is C6H8O2. The van der Waals surface area contributed by atoms with Crippen LogP contribution in [0.5, 0.6) is 0 Å². The minimum Gasteiger partial charge on any atom is -0.373 e. The molecule has 0 amide bonds. The zero-order chi connectivity index (χ0) is 6.57. The van der Waals surface area contributed by atoms with Gasteiger partial charge in [-0.2, -0.15) is 0 Å². The molecule has 0 aliphatic heterocycles. The van der Waals surface area contributed by atoms with E-state index in [1.165, 1.54) is 6.92 Å². The van der Waals surface area contributed by atoms with Crippen LogP contribution in [0.15, 0.2) is 0 Å². The van der Waals surface area contributed by atoms with Crippen molar-refractivity contribution >= 4 is 5.78 Å². The molecule has 0 radical (unpaired) electrons. The van der Waals surface area contributed by atoms with Gasteiger partial charge in [0, 0.05) is 0 Å². The van der Waals surface area contributed by atoms with E-state index in [9.17, 15) is 4.79 Å². The van der Waals surface area contributed by atoms with Gasteiger partial charge >= 0.3 is 0 Å². The lowest BCUT2D eigenvalue weighted by Crippen LogP contribution is -2.13. The highest BCUT2D eigenvalue weighted by molar-refractivity contribution is 5.83. The van der Waals surface area contributed by atoms with Crippen LogP contribution in [0.2, 0.25) is 0 Å². The second-order valence-corrected chi connectivity index (χ2v) is 1.41. The van der Waals surface area contributed by atoms with Gasteiger partial charge in [-0.05, 0) is 13.8 Å². The molecule has 2 nitrogen and oxygen atoms in total. The summed E-state index contributed by atoms with van der Waals surface area (Å²) in [5, 5.41) is 8.60. The summed E-state index contributed by atoms with van der Waals surface area (Å²) in [4.78, 5) is 10.2. The first-order chi connectivity index (χ1) is 3.68. The third-order valence-electron chi connectivity index (χ3n) is 0.666. The molecule has 1 N–H and O–H groups in total. The molecule has 0 saturated heterocycles. The molecule has 0 fully saturated rings. The van der Waals surface area contributed by atoms with Crippen LogP contribution in [0.25, 0.3) is 0 Å². The van der Waals surface area contributed by atoms with E-state index in [1.54, 1.807) is 6.92 Å². The summed E-state index contributed by atoms with van der Waals surface area (Å²) in [6.07, 6.45) is -1.08. The van der Waals surface area contributed by atoms with Crippen LogP contribution < -0.4 is 0 Å². The number of carbonyl (C=O) groups is 1. The quantitative estimate of drug-likeness (QED) is 0.483. The van der Waals surface area contributed by atoms with Crippen LogP contribution in [0.3, 0.4) is 0 Å². The fraction of sp³-hybridized carbons (Fsp3) is 0.500. The summed E-state index contributed by atoms with van der Waals surface area (Å²) in [5.74, 6) is 4.42. The molecule has 44 valence electrons. The molecule has 0 rings (SSSR count). The maximum atomic E-state index is 10.2. The van der Waals surface area contributed by atoms with Crippen molar-refractivity contribution in [3.63, 3.8) is 0 Å². The maximum Gasteiger partial charge on any atom is 0.172 e. The second kappa shape index (κ2) is 3.23. The number of carbonyl (C=O) groups excluding carboxylic acids is 1. The number of hydrogen-bond donors (Lipinski definition) is 1. The molecule has 0 heterocycles. The van der Waals surface area contributed by atoms with Gasteiger partial charge in [-0.25, -0.2) is 0 Å². The normalized spacial score (nSPS) is 11.4. The first kappa shape index (κ1) is 7.19. The number of Topliss-reactive ketones (excluding diaryl/α,β-unsaturated/α-hetero) is 1. The van der Waals surface area contributed by atoms with Gasteiger partial charge in [0.1, 0.15) is 0 Å². The average Bonchev–Trinajstić information content (AvgIpc) is 1.67. The van der Waals surface area contributed by atoms with E-state index < -0.39 is 6.10 Å². The van der Waals surface area contributed by atoms with Crippen molar-refractivity contribution in [3.05, 3.63) is 0 Å². The van der Waals surface area contributed by atoms with E-state index in [4.69, 9.17) is 5.11 Å². The standard InChI is InChI=1S/C6H8O2/c1-3-4-6(8)5(2)7/h6,8H,1-2H3. The van der Waals surface area contributed by atoms with Crippen LogP contribution in [0, 0.1) is 11.8 Å². The fourth-order valence-corrected chi connectivity index (χ4v) is 0.238. The highest BCUT2D eigenvalue weighted by atomic mass is 16.3. The Morgan fingerprint density at radius 2 is 2.25 bits per heavy atom. The van der Waals surface area contributed by atoms with Gasteiger partial charge in [0.2, 0.25) is 0 Å². The van der Waals surface area contributed by atoms with Crippen LogP contribution in [-0.4, -0.2) is 17.0 Å². The molecule has 2 heteroatoms. The first-order valence-corrected chi connectivity index (χ1v) is 2.29. The second-order valence-electron chi connectivity index (χ2n) is 1.41. The van der Waals surface area contributed by atoms with Crippen LogP contribution in [0.1, 0.15) is 13.8 Å². The number of aliphatic hydroxyl groups is 1. The van der Waals surface area contributed by atoms with E-state index in [-0.39, 0.29) is 5.78 Å². The molecular weight excluding hydrogens is 104 g/mol. The minimum atomic E-state index is -1.08. The van der Waals surface area contributed by atoms with Crippen molar-refractivity contribution in [1.82, 2.24) is 0 Å². The summed E-state index contributed by atoms with van der Waals surface area (Å²) in [6.45, 7) is 2.88. The van der Waals surface area contributed by atoms with Gasteiger partial charge in [0.25, 0.3) is 0 Å². The lowest BCUT2D eigenvalue weighted by Gasteiger charge is -1.91. The van der Waals surface area contributed by atoms with E-state index in [0.29, 0.717) is 0 Å². The zero-order valence-electron chi connectivity index (χ0n) is 4.93. The Morgan fingerprint density at radius 3 is 2.38 bits per heavy atom. The van der Waals surface area contributed by atoms with Gasteiger partial charge in [-0.15, -0.1) is 5.92 Å². The summed E-state index contributed by atoms with van der Waals surface area (Å²) < 4.78 is 0. The third kappa shape index (κ3) is 2.38. The van der Waals surface area contributed by atoms with Crippen molar-refractivity contribution < 1.29 is 9.90 Å². The van der Waals surface area contributed by atoms with Gasteiger partial charge in [0.15, 0.2) is 11.9 Å². The van der Waals surface area contributed by atoms with Crippen molar-refractivity contribution in [2.75, 3.05) is 0 Å². The molecule has 0 spiro atoms. The lowest BCUT2D eigenvalue weighted by atomic mass is 10.3. The summed E-state index contributed by atoms with van der Waals surface area (Å²) in [6, 6.07) is 0. The smallest absolute Gasteiger partial charge is 0.172 e. The van der Waals surface area contributed by atoms with Gasteiger partial charge in [-0.3, -0.25) is 4.79 Å². The highest BCUT2D eigenvalue weighted by Gasteiger charge is 2.01. The van der Waals surface area contributed by atoms with Crippen molar-refractivity contribution in [3.8, 4) is 11.8 Å². The van der Waals surface area contributed by atoms with E-state index in [0.717, 1.165) is 0 Å². The fourth-order valence-electron chi connectivity index (χ4n) is 0.238. The van der Waals surface area contributed by atoms with Crippen molar-refractivity contribution in [1.29, 1.82) is 0 Å². The highest BCUT2D eigenvalue weighted by Crippen LogP contribution is 1.79. The van der Waals surface area contributed by atoms with E-state index in [1.807, 2.05) is 0 Å². The summed E-state index contributed by atoms with van der Waals surface area (Å²) in [5.41, 5.74) is 0. The third-order valence-corrected chi connectivity index (χ3v) is 0.666. The zero-order valence-corrected chi connectivity index (χ0v) is 4.93. The molecule has 0 bridgehead atoms. The molecule has 0 aromatic carbocycles. The number of hydrogen-bond acceptors (Lipinski definition) is 2.